The number of hydrogen-bond donors (Lipinski definition) is 1. The highest BCUT2D eigenvalue weighted by atomic mass is 16.5. The van der Waals surface area contributed by atoms with Gasteiger partial charge in [-0.3, -0.25) is 14.9 Å². The number of aromatic nitrogens is 1. The largest absolute Gasteiger partial charge is 0.497 e. The molecule has 35 heavy (non-hydrogen) atoms. The fraction of sp³-hybridized carbons (Fsp3) is 0.250. The van der Waals surface area contributed by atoms with Gasteiger partial charge in [0.25, 0.3) is 11.8 Å². The van der Waals surface area contributed by atoms with E-state index < -0.39 is 17.8 Å². The Labute approximate surface area is 205 Å². The molecule has 4 amide bonds. The first kappa shape index (κ1) is 24.0. The lowest BCUT2D eigenvalue weighted by Crippen LogP contribution is -2.54. The number of ether oxygens (including phenoxy) is 1. The predicted octanol–water partition coefficient (Wildman–Crippen LogP) is 5.28. The first-order valence-corrected chi connectivity index (χ1v) is 11.6. The molecule has 0 saturated carbocycles. The SMILES string of the molecule is CCC(C)c1ccc(N2C(=O)NC(=O)/C(=C\c3cc(C)n(-c4ccc(OC)cc4)c3C)C2=O)cc1. The number of hydrogen-bond acceptors (Lipinski definition) is 4. The molecule has 1 aliphatic heterocycles. The van der Waals surface area contributed by atoms with Gasteiger partial charge in [-0.1, -0.05) is 26.0 Å². The van der Waals surface area contributed by atoms with E-state index in [9.17, 15) is 14.4 Å². The number of aryl methyl sites for hydroxylation is 1. The minimum atomic E-state index is -0.753. The number of benzene rings is 2. The van der Waals surface area contributed by atoms with E-state index in [1.807, 2.05) is 60.9 Å². The summed E-state index contributed by atoms with van der Waals surface area (Å²) < 4.78 is 7.28. The maximum absolute atomic E-state index is 13.3. The van der Waals surface area contributed by atoms with Crippen LogP contribution in [0.5, 0.6) is 5.75 Å². The monoisotopic (exact) mass is 471 g/mol. The number of nitrogens with one attached hydrogen (secondary N) is 1. The van der Waals surface area contributed by atoms with Gasteiger partial charge in [-0.2, -0.15) is 0 Å². The molecule has 2 heterocycles. The van der Waals surface area contributed by atoms with Gasteiger partial charge < -0.3 is 9.30 Å². The molecule has 1 N–H and O–H groups in total. The molecular formula is C28H29N3O4. The summed E-state index contributed by atoms with van der Waals surface area (Å²) >= 11 is 0. The van der Waals surface area contributed by atoms with E-state index in [4.69, 9.17) is 4.74 Å². The molecule has 3 aromatic rings. The van der Waals surface area contributed by atoms with Crippen LogP contribution in [0.1, 0.15) is 48.7 Å². The molecule has 7 heteroatoms. The highest BCUT2D eigenvalue weighted by Crippen LogP contribution is 2.28. The van der Waals surface area contributed by atoms with Crippen molar-refractivity contribution in [3.05, 3.63) is 82.7 Å². The number of imide groups is 2. The van der Waals surface area contributed by atoms with Crippen molar-refractivity contribution in [3.8, 4) is 11.4 Å². The van der Waals surface area contributed by atoms with Crippen LogP contribution in [0.4, 0.5) is 10.5 Å². The first-order valence-electron chi connectivity index (χ1n) is 11.6. The summed E-state index contributed by atoms with van der Waals surface area (Å²) in [6.07, 6.45) is 2.53. The average molecular weight is 472 g/mol. The van der Waals surface area contributed by atoms with Gasteiger partial charge in [0.1, 0.15) is 11.3 Å². The van der Waals surface area contributed by atoms with Crippen molar-refractivity contribution in [2.24, 2.45) is 0 Å². The molecule has 7 nitrogen and oxygen atoms in total. The minimum absolute atomic E-state index is 0.0921. The van der Waals surface area contributed by atoms with E-state index in [1.54, 1.807) is 25.3 Å². The fourth-order valence-corrected chi connectivity index (χ4v) is 4.30. The predicted molar refractivity (Wildman–Crippen MR) is 136 cm³/mol. The molecule has 1 unspecified atom stereocenters. The minimum Gasteiger partial charge on any atom is -0.497 e. The van der Waals surface area contributed by atoms with Crippen LogP contribution in [0.2, 0.25) is 0 Å². The maximum atomic E-state index is 13.3. The summed E-state index contributed by atoms with van der Waals surface area (Å²) in [6, 6.07) is 16.1. The molecule has 1 atom stereocenters. The summed E-state index contributed by atoms with van der Waals surface area (Å²) in [5, 5.41) is 2.30. The van der Waals surface area contributed by atoms with Crippen molar-refractivity contribution in [1.29, 1.82) is 0 Å². The third-order valence-corrected chi connectivity index (χ3v) is 6.54. The topological polar surface area (TPSA) is 80.6 Å². The lowest BCUT2D eigenvalue weighted by molar-refractivity contribution is -0.122. The van der Waals surface area contributed by atoms with Crippen LogP contribution in [0.15, 0.2) is 60.2 Å². The van der Waals surface area contributed by atoms with Crippen LogP contribution in [0.25, 0.3) is 11.8 Å². The quantitative estimate of drug-likeness (QED) is 0.392. The third-order valence-electron chi connectivity index (χ3n) is 6.54. The van der Waals surface area contributed by atoms with E-state index in [1.165, 1.54) is 0 Å². The first-order chi connectivity index (χ1) is 16.7. The molecule has 1 aromatic heterocycles. The molecule has 4 rings (SSSR count). The van der Waals surface area contributed by atoms with Crippen molar-refractivity contribution in [2.45, 2.75) is 40.0 Å². The van der Waals surface area contributed by atoms with Crippen molar-refractivity contribution >= 4 is 29.6 Å². The van der Waals surface area contributed by atoms with E-state index >= 15 is 0 Å². The van der Waals surface area contributed by atoms with Gasteiger partial charge in [-0.25, -0.2) is 9.69 Å². The van der Waals surface area contributed by atoms with Crippen molar-refractivity contribution in [1.82, 2.24) is 9.88 Å². The normalized spacial score (nSPS) is 16.0. The Bertz CT molecular complexity index is 1320. The van der Waals surface area contributed by atoms with Crippen LogP contribution in [0.3, 0.4) is 0 Å². The van der Waals surface area contributed by atoms with E-state index in [2.05, 4.69) is 19.2 Å². The Balaban J connectivity index is 1.69. The van der Waals surface area contributed by atoms with Gasteiger partial charge in [-0.15, -0.1) is 0 Å². The Hall–Kier alpha value is -4.13. The number of carbonyl (C=O) groups excluding carboxylic acids is 3. The number of amides is 4. The zero-order valence-electron chi connectivity index (χ0n) is 20.6. The number of carbonyl (C=O) groups is 3. The lowest BCUT2D eigenvalue weighted by Gasteiger charge is -2.26. The third kappa shape index (κ3) is 4.49. The molecule has 0 spiro atoms. The number of barbiturate groups is 1. The highest BCUT2D eigenvalue weighted by Gasteiger charge is 2.37. The molecule has 1 aliphatic rings. The number of anilines is 1. The van der Waals surface area contributed by atoms with Crippen molar-refractivity contribution in [2.75, 3.05) is 12.0 Å². The van der Waals surface area contributed by atoms with Crippen LogP contribution in [0, 0.1) is 13.8 Å². The number of nitrogens with zero attached hydrogens (tertiary/aromatic N) is 2. The zero-order chi connectivity index (χ0) is 25.3. The maximum Gasteiger partial charge on any atom is 0.335 e. The highest BCUT2D eigenvalue weighted by molar-refractivity contribution is 6.39. The number of methoxy groups -OCH3 is 1. The molecular weight excluding hydrogens is 442 g/mol. The molecule has 0 bridgehead atoms. The average Bonchev–Trinajstić information content (AvgIpc) is 3.14. The van der Waals surface area contributed by atoms with Crippen LogP contribution in [-0.4, -0.2) is 29.5 Å². The van der Waals surface area contributed by atoms with Crippen molar-refractivity contribution < 1.29 is 19.1 Å². The second kappa shape index (κ2) is 9.62. The van der Waals surface area contributed by atoms with Gasteiger partial charge in [0.2, 0.25) is 0 Å². The summed E-state index contributed by atoms with van der Waals surface area (Å²) in [5.74, 6) is -0.232. The molecule has 2 aromatic carbocycles. The van der Waals surface area contributed by atoms with E-state index in [0.29, 0.717) is 11.6 Å². The molecule has 1 saturated heterocycles. The Morgan fingerprint density at radius 3 is 2.20 bits per heavy atom. The Kier molecular flexibility index (Phi) is 6.60. The Morgan fingerprint density at radius 1 is 0.971 bits per heavy atom. The summed E-state index contributed by atoms with van der Waals surface area (Å²) in [5.41, 5.74) is 4.91. The Morgan fingerprint density at radius 2 is 1.60 bits per heavy atom. The summed E-state index contributed by atoms with van der Waals surface area (Å²) in [4.78, 5) is 39.6. The second-order valence-corrected chi connectivity index (χ2v) is 8.72. The fourth-order valence-electron chi connectivity index (χ4n) is 4.30. The van der Waals surface area contributed by atoms with Crippen LogP contribution in [-0.2, 0) is 9.59 Å². The van der Waals surface area contributed by atoms with Crippen LogP contribution >= 0.6 is 0 Å². The van der Waals surface area contributed by atoms with Gasteiger partial charge in [0.15, 0.2) is 0 Å². The smallest absolute Gasteiger partial charge is 0.335 e. The zero-order valence-corrected chi connectivity index (χ0v) is 20.6. The molecule has 0 aliphatic carbocycles. The van der Waals surface area contributed by atoms with Gasteiger partial charge in [0.05, 0.1) is 12.8 Å². The lowest BCUT2D eigenvalue weighted by atomic mass is 9.98. The second-order valence-electron chi connectivity index (χ2n) is 8.72. The van der Waals surface area contributed by atoms with Gasteiger partial charge in [0, 0.05) is 17.1 Å². The molecule has 180 valence electrons. The molecule has 0 radical (unpaired) electrons. The van der Waals surface area contributed by atoms with Gasteiger partial charge >= 0.3 is 6.03 Å². The standard InChI is InChI=1S/C28H29N3O4/c1-6-17(2)20-7-9-23(10-8-20)31-27(33)25(26(32)29-28(31)34)16-21-15-18(3)30(19(21)4)22-11-13-24(35-5)14-12-22/h7-17H,6H2,1-5H3,(H,29,32,34)/b25-16+. The number of rotatable bonds is 6. The van der Waals surface area contributed by atoms with E-state index in [0.717, 1.165) is 45.3 Å². The molecule has 1 fully saturated rings. The summed E-state index contributed by atoms with van der Waals surface area (Å²) in [7, 11) is 1.62. The van der Waals surface area contributed by atoms with E-state index in [-0.39, 0.29) is 5.57 Å². The summed E-state index contributed by atoms with van der Waals surface area (Å²) in [6.45, 7) is 8.10. The van der Waals surface area contributed by atoms with Gasteiger partial charge in [-0.05, 0) is 85.9 Å². The number of urea groups is 1. The van der Waals surface area contributed by atoms with Crippen molar-refractivity contribution in [3.63, 3.8) is 0 Å². The van der Waals surface area contributed by atoms with Crippen LogP contribution < -0.4 is 15.0 Å².